The SMILES string of the molecule is C#CCCCC.[Cu+]. The van der Waals surface area contributed by atoms with Gasteiger partial charge >= 0.3 is 17.1 Å². The molecule has 0 bridgehead atoms. The molecule has 0 amide bonds. The minimum absolute atomic E-state index is 0. The molecule has 0 aliphatic rings. The second-order valence-electron chi connectivity index (χ2n) is 1.31. The molecule has 0 rings (SSSR count). The van der Waals surface area contributed by atoms with Crippen LogP contribution in [0.1, 0.15) is 26.2 Å². The quantitative estimate of drug-likeness (QED) is 0.316. The van der Waals surface area contributed by atoms with E-state index in [0.717, 1.165) is 6.42 Å². The Hall–Kier alpha value is 0.0795. The van der Waals surface area contributed by atoms with Crippen LogP contribution in [0.5, 0.6) is 0 Å². The van der Waals surface area contributed by atoms with Gasteiger partial charge < -0.3 is 0 Å². The first-order chi connectivity index (χ1) is 2.91. The molecule has 0 aliphatic carbocycles. The Labute approximate surface area is 56.2 Å². The molecule has 0 aromatic heterocycles. The summed E-state index contributed by atoms with van der Waals surface area (Å²) in [7, 11) is 0. The average Bonchev–Trinajstić information content (AvgIpc) is 1.61. The van der Waals surface area contributed by atoms with Gasteiger partial charge in [0.1, 0.15) is 0 Å². The molecule has 0 nitrogen and oxygen atoms in total. The van der Waals surface area contributed by atoms with Crippen molar-refractivity contribution in [3.8, 4) is 12.3 Å². The van der Waals surface area contributed by atoms with Gasteiger partial charge in [-0.05, 0) is 6.42 Å². The molecule has 0 spiro atoms. The molecule has 0 N–H and O–H groups in total. The van der Waals surface area contributed by atoms with Crippen LogP contribution in [0.25, 0.3) is 0 Å². The molecule has 0 aromatic rings. The summed E-state index contributed by atoms with van der Waals surface area (Å²) in [6.07, 6.45) is 8.30. The van der Waals surface area contributed by atoms with Crippen LogP contribution in [0.3, 0.4) is 0 Å². The van der Waals surface area contributed by atoms with Crippen LogP contribution in [-0.4, -0.2) is 0 Å². The third-order valence-electron chi connectivity index (χ3n) is 0.675. The van der Waals surface area contributed by atoms with E-state index in [0.29, 0.717) is 0 Å². The van der Waals surface area contributed by atoms with Crippen molar-refractivity contribution in [1.29, 1.82) is 0 Å². The van der Waals surface area contributed by atoms with Crippen LogP contribution in [0.2, 0.25) is 0 Å². The van der Waals surface area contributed by atoms with Crippen LogP contribution in [0, 0.1) is 12.3 Å². The molecule has 0 radical (unpaired) electrons. The number of unbranched alkanes of at least 4 members (excludes halogenated alkanes) is 2. The Bertz CT molecular complexity index is 51.7. The zero-order chi connectivity index (χ0) is 4.83. The van der Waals surface area contributed by atoms with E-state index >= 15 is 0 Å². The fraction of sp³-hybridized carbons (Fsp3) is 0.667. The Morgan fingerprint density at radius 3 is 2.29 bits per heavy atom. The second kappa shape index (κ2) is 9.43. The van der Waals surface area contributed by atoms with Gasteiger partial charge in [0, 0.05) is 6.42 Å². The van der Waals surface area contributed by atoms with Crippen molar-refractivity contribution < 1.29 is 17.1 Å². The molecule has 0 fully saturated rings. The van der Waals surface area contributed by atoms with Crippen molar-refractivity contribution >= 4 is 0 Å². The van der Waals surface area contributed by atoms with Gasteiger partial charge in [-0.2, -0.15) is 0 Å². The maximum atomic E-state index is 4.96. The summed E-state index contributed by atoms with van der Waals surface area (Å²) < 4.78 is 0. The van der Waals surface area contributed by atoms with Gasteiger partial charge in [-0.3, -0.25) is 0 Å². The third-order valence-corrected chi connectivity index (χ3v) is 0.675. The summed E-state index contributed by atoms with van der Waals surface area (Å²) in [6, 6.07) is 0. The first-order valence-electron chi connectivity index (χ1n) is 2.35. The van der Waals surface area contributed by atoms with E-state index < -0.39 is 0 Å². The van der Waals surface area contributed by atoms with Crippen LogP contribution in [0.4, 0.5) is 0 Å². The van der Waals surface area contributed by atoms with Crippen LogP contribution in [0.15, 0.2) is 0 Å². The van der Waals surface area contributed by atoms with E-state index in [1.54, 1.807) is 0 Å². The Balaban J connectivity index is 0. The molecular weight excluding hydrogens is 136 g/mol. The molecule has 0 aromatic carbocycles. The van der Waals surface area contributed by atoms with Gasteiger partial charge in [-0.1, -0.05) is 13.3 Å². The summed E-state index contributed by atoms with van der Waals surface area (Å²) in [6.45, 7) is 2.14. The van der Waals surface area contributed by atoms with Crippen molar-refractivity contribution in [2.45, 2.75) is 26.2 Å². The molecule has 0 aliphatic heterocycles. The van der Waals surface area contributed by atoms with E-state index in [-0.39, 0.29) is 17.1 Å². The van der Waals surface area contributed by atoms with E-state index in [9.17, 15) is 0 Å². The normalized spacial score (nSPS) is 6.29. The van der Waals surface area contributed by atoms with Gasteiger partial charge in [-0.15, -0.1) is 12.3 Å². The molecule has 0 unspecified atom stereocenters. The molecule has 7 heavy (non-hydrogen) atoms. The van der Waals surface area contributed by atoms with Gasteiger partial charge in [-0.25, -0.2) is 0 Å². The Morgan fingerprint density at radius 1 is 1.57 bits per heavy atom. The second-order valence-corrected chi connectivity index (χ2v) is 1.31. The largest absolute Gasteiger partial charge is 1.00 e. The van der Waals surface area contributed by atoms with Crippen LogP contribution >= 0.6 is 0 Å². The number of terminal acetylenes is 1. The summed E-state index contributed by atoms with van der Waals surface area (Å²) in [5, 5.41) is 0. The van der Waals surface area contributed by atoms with E-state index in [1.165, 1.54) is 12.8 Å². The third kappa shape index (κ3) is 10.7. The first kappa shape index (κ1) is 10.1. The van der Waals surface area contributed by atoms with Gasteiger partial charge in [0.25, 0.3) is 0 Å². The monoisotopic (exact) mass is 145 g/mol. The van der Waals surface area contributed by atoms with Gasteiger partial charge in [0.15, 0.2) is 0 Å². The fourth-order valence-corrected chi connectivity index (χ4v) is 0.279. The summed E-state index contributed by atoms with van der Waals surface area (Å²) in [5.41, 5.74) is 0. The van der Waals surface area contributed by atoms with E-state index in [2.05, 4.69) is 12.8 Å². The fourth-order valence-electron chi connectivity index (χ4n) is 0.279. The number of hydrogen-bond donors (Lipinski definition) is 0. The predicted molar refractivity (Wildman–Crippen MR) is 28.4 cm³/mol. The standard InChI is InChI=1S/C6H10.Cu/c1-3-5-6-4-2;/h1H,4-6H2,2H3;/q;+1. The maximum Gasteiger partial charge on any atom is 1.00 e. The zero-order valence-electron chi connectivity index (χ0n) is 4.50. The Kier molecular flexibility index (Phi) is 13.7. The smallest absolute Gasteiger partial charge is 0.120 e. The summed E-state index contributed by atoms with van der Waals surface area (Å²) in [4.78, 5) is 0. The van der Waals surface area contributed by atoms with E-state index in [4.69, 9.17) is 6.42 Å². The van der Waals surface area contributed by atoms with Crippen molar-refractivity contribution in [3.05, 3.63) is 0 Å². The number of hydrogen-bond acceptors (Lipinski definition) is 0. The first-order valence-corrected chi connectivity index (χ1v) is 2.35. The molecule has 0 atom stereocenters. The van der Waals surface area contributed by atoms with Crippen LogP contribution < -0.4 is 0 Å². The summed E-state index contributed by atoms with van der Waals surface area (Å²) >= 11 is 0. The molecule has 0 saturated carbocycles. The van der Waals surface area contributed by atoms with Crippen molar-refractivity contribution in [3.63, 3.8) is 0 Å². The van der Waals surface area contributed by atoms with Crippen molar-refractivity contribution in [2.24, 2.45) is 0 Å². The van der Waals surface area contributed by atoms with Gasteiger partial charge in [0.05, 0.1) is 0 Å². The number of rotatable bonds is 2. The molecule has 1 heteroatoms. The molecular formula is C6H10Cu+. The average molecular weight is 146 g/mol. The van der Waals surface area contributed by atoms with Crippen molar-refractivity contribution in [2.75, 3.05) is 0 Å². The minimum Gasteiger partial charge on any atom is -0.120 e. The van der Waals surface area contributed by atoms with E-state index in [1.807, 2.05) is 0 Å². The van der Waals surface area contributed by atoms with Crippen LogP contribution in [-0.2, 0) is 17.1 Å². The Morgan fingerprint density at radius 2 is 2.14 bits per heavy atom. The maximum absolute atomic E-state index is 4.96. The molecule has 0 saturated heterocycles. The topological polar surface area (TPSA) is 0 Å². The molecule has 44 valence electrons. The zero-order valence-corrected chi connectivity index (χ0v) is 5.44. The minimum atomic E-state index is 0. The predicted octanol–water partition coefficient (Wildman–Crippen LogP) is 1.81. The van der Waals surface area contributed by atoms with Gasteiger partial charge in [0.2, 0.25) is 0 Å². The van der Waals surface area contributed by atoms with Crippen molar-refractivity contribution in [1.82, 2.24) is 0 Å². The summed E-state index contributed by atoms with van der Waals surface area (Å²) in [5.74, 6) is 2.57. The molecule has 0 heterocycles.